The van der Waals surface area contributed by atoms with Crippen molar-refractivity contribution in [2.45, 2.75) is 13.0 Å². The molecule has 0 atom stereocenters. The van der Waals surface area contributed by atoms with E-state index in [1.54, 1.807) is 17.0 Å². The highest BCUT2D eigenvalue weighted by molar-refractivity contribution is 9.11. The lowest BCUT2D eigenvalue weighted by Gasteiger charge is -2.25. The molecule has 3 heterocycles. The number of nitrogens with one attached hydrogen (secondary N) is 1. The summed E-state index contributed by atoms with van der Waals surface area (Å²) in [7, 11) is 1.33. The van der Waals surface area contributed by atoms with Crippen LogP contribution in [0.15, 0.2) is 15.9 Å². The largest absolute Gasteiger partial charge is 0.453 e. The van der Waals surface area contributed by atoms with Crippen LogP contribution in [0.2, 0.25) is 0 Å². The maximum absolute atomic E-state index is 12.4. The first kappa shape index (κ1) is 17.9. The van der Waals surface area contributed by atoms with Gasteiger partial charge < -0.3 is 20.7 Å². The van der Waals surface area contributed by atoms with Gasteiger partial charge in [-0.15, -0.1) is 22.7 Å². The zero-order valence-electron chi connectivity index (χ0n) is 13.1. The molecular formula is C15H14BrN3O4S2. The Morgan fingerprint density at radius 2 is 2.08 bits per heavy atom. The highest BCUT2D eigenvalue weighted by Crippen LogP contribution is 2.37. The molecule has 132 valence electrons. The maximum Gasteiger partial charge on any atom is 0.409 e. The average molecular weight is 444 g/mol. The normalized spacial score (nSPS) is 13.3. The molecule has 0 bridgehead atoms. The summed E-state index contributed by atoms with van der Waals surface area (Å²) in [5.74, 6) is -0.895. The van der Waals surface area contributed by atoms with Crippen LogP contribution < -0.4 is 11.1 Å². The predicted octanol–water partition coefficient (Wildman–Crippen LogP) is 3.05. The van der Waals surface area contributed by atoms with E-state index in [0.717, 1.165) is 14.2 Å². The summed E-state index contributed by atoms with van der Waals surface area (Å²) in [5.41, 5.74) is 6.65. The summed E-state index contributed by atoms with van der Waals surface area (Å²) >= 11 is 5.87. The average Bonchev–Trinajstić information content (AvgIpc) is 3.16. The number of ether oxygens (including phenoxy) is 1. The van der Waals surface area contributed by atoms with Crippen LogP contribution >= 0.6 is 38.6 Å². The van der Waals surface area contributed by atoms with Crippen LogP contribution in [-0.4, -0.2) is 36.5 Å². The second-order valence-electron chi connectivity index (χ2n) is 5.27. The Balaban J connectivity index is 1.90. The lowest BCUT2D eigenvalue weighted by atomic mass is 10.0. The first-order valence-electron chi connectivity index (χ1n) is 7.24. The molecule has 3 rings (SSSR count). The van der Waals surface area contributed by atoms with Gasteiger partial charge in [-0.1, -0.05) is 0 Å². The molecular weight excluding hydrogens is 430 g/mol. The van der Waals surface area contributed by atoms with Crippen LogP contribution in [0.1, 0.15) is 30.5 Å². The summed E-state index contributed by atoms with van der Waals surface area (Å²) in [5, 5.41) is 3.19. The molecule has 2 aromatic rings. The Morgan fingerprint density at radius 1 is 1.32 bits per heavy atom. The second kappa shape index (κ2) is 7.14. The molecule has 3 N–H and O–H groups in total. The Bertz CT molecular complexity index is 861. The van der Waals surface area contributed by atoms with Crippen molar-refractivity contribution in [1.82, 2.24) is 4.90 Å². The minimum atomic E-state index is -0.591. The van der Waals surface area contributed by atoms with Crippen molar-refractivity contribution in [2.75, 3.05) is 19.0 Å². The fourth-order valence-corrected chi connectivity index (χ4v) is 5.18. The number of carbonyl (C=O) groups is 3. The number of rotatable bonds is 3. The summed E-state index contributed by atoms with van der Waals surface area (Å²) in [4.78, 5) is 38.9. The van der Waals surface area contributed by atoms with Gasteiger partial charge in [-0.25, -0.2) is 4.79 Å². The van der Waals surface area contributed by atoms with E-state index in [1.165, 1.54) is 29.8 Å². The van der Waals surface area contributed by atoms with E-state index < -0.39 is 12.0 Å². The van der Waals surface area contributed by atoms with E-state index >= 15 is 0 Å². The first-order valence-corrected chi connectivity index (χ1v) is 9.67. The molecule has 0 saturated carbocycles. The van der Waals surface area contributed by atoms with Gasteiger partial charge in [-0.05, 0) is 40.0 Å². The zero-order valence-corrected chi connectivity index (χ0v) is 16.3. The molecule has 3 amide bonds. The van der Waals surface area contributed by atoms with Gasteiger partial charge in [-0.2, -0.15) is 0 Å². The number of halogens is 1. The third-order valence-corrected chi connectivity index (χ3v) is 6.51. The van der Waals surface area contributed by atoms with Gasteiger partial charge in [0.25, 0.3) is 11.8 Å². The molecule has 0 aliphatic carbocycles. The number of fused-ring (bicyclic) bond motifs is 1. The van der Waals surface area contributed by atoms with Crippen molar-refractivity contribution in [3.05, 3.63) is 36.8 Å². The first-order chi connectivity index (χ1) is 11.9. The van der Waals surface area contributed by atoms with Gasteiger partial charge in [0.2, 0.25) is 0 Å². The van der Waals surface area contributed by atoms with Crippen molar-refractivity contribution >= 4 is 61.5 Å². The lowest BCUT2D eigenvalue weighted by Crippen LogP contribution is -2.35. The summed E-state index contributed by atoms with van der Waals surface area (Å²) in [6, 6.07) is 3.47. The molecule has 25 heavy (non-hydrogen) atoms. The zero-order chi connectivity index (χ0) is 18.1. The molecule has 0 aromatic carbocycles. The minimum Gasteiger partial charge on any atom is -0.453 e. The van der Waals surface area contributed by atoms with Gasteiger partial charge in [0.1, 0.15) is 5.00 Å². The molecule has 7 nitrogen and oxygen atoms in total. The smallest absolute Gasteiger partial charge is 0.409 e. The highest BCUT2D eigenvalue weighted by Gasteiger charge is 2.30. The van der Waals surface area contributed by atoms with Gasteiger partial charge in [0.05, 0.1) is 27.9 Å². The van der Waals surface area contributed by atoms with E-state index in [4.69, 9.17) is 10.5 Å². The SMILES string of the molecule is COC(=O)N1CCc2c(sc(NC(=O)c3ccc(Br)s3)c2C(N)=O)C1. The van der Waals surface area contributed by atoms with Crippen molar-refractivity contribution < 1.29 is 19.1 Å². The van der Waals surface area contributed by atoms with Crippen molar-refractivity contribution in [3.63, 3.8) is 0 Å². The number of nitrogens with zero attached hydrogens (tertiary/aromatic N) is 1. The third kappa shape index (κ3) is 3.55. The quantitative estimate of drug-likeness (QED) is 0.760. The molecule has 0 spiro atoms. The maximum atomic E-state index is 12.4. The Labute approximate surface area is 159 Å². The molecule has 0 unspecified atom stereocenters. The number of amides is 3. The fourth-order valence-electron chi connectivity index (χ4n) is 2.64. The lowest BCUT2D eigenvalue weighted by molar-refractivity contribution is 0.0999. The summed E-state index contributed by atoms with van der Waals surface area (Å²) < 4.78 is 5.58. The van der Waals surface area contributed by atoms with E-state index in [1.807, 2.05) is 0 Å². The number of anilines is 1. The topological polar surface area (TPSA) is 102 Å². The van der Waals surface area contributed by atoms with Crippen LogP contribution in [0.25, 0.3) is 0 Å². The fraction of sp³-hybridized carbons (Fsp3) is 0.267. The Morgan fingerprint density at radius 3 is 2.68 bits per heavy atom. The van der Waals surface area contributed by atoms with Gasteiger partial charge in [0.15, 0.2) is 0 Å². The van der Waals surface area contributed by atoms with Crippen molar-refractivity contribution in [2.24, 2.45) is 5.73 Å². The third-order valence-electron chi connectivity index (χ3n) is 3.76. The minimum absolute atomic E-state index is 0.304. The Hall–Kier alpha value is -1.91. The molecule has 1 aliphatic rings. The van der Waals surface area contributed by atoms with Gasteiger partial charge in [-0.3, -0.25) is 9.59 Å². The highest BCUT2D eigenvalue weighted by atomic mass is 79.9. The number of carbonyl (C=O) groups excluding carboxylic acids is 3. The summed E-state index contributed by atoms with van der Waals surface area (Å²) in [6.07, 6.45) is 0.0632. The molecule has 10 heteroatoms. The molecule has 0 radical (unpaired) electrons. The number of hydrogen-bond donors (Lipinski definition) is 2. The van der Waals surface area contributed by atoms with Crippen LogP contribution in [0.4, 0.5) is 9.80 Å². The number of hydrogen-bond acceptors (Lipinski definition) is 6. The predicted molar refractivity (Wildman–Crippen MR) is 99.3 cm³/mol. The van der Waals surface area contributed by atoms with Crippen LogP contribution in [0.5, 0.6) is 0 Å². The van der Waals surface area contributed by atoms with E-state index in [9.17, 15) is 14.4 Å². The van der Waals surface area contributed by atoms with Crippen LogP contribution in [-0.2, 0) is 17.7 Å². The molecule has 0 saturated heterocycles. The Kier molecular flexibility index (Phi) is 5.11. The molecule has 0 fully saturated rings. The standard InChI is InChI=1S/C15H14BrN3O4S2/c1-23-15(22)19-5-4-7-9(6-19)25-14(11(7)12(17)20)18-13(21)8-2-3-10(16)24-8/h2-3H,4-6H2,1H3,(H2,17,20)(H,18,21). The van der Waals surface area contributed by atoms with Crippen molar-refractivity contribution in [3.8, 4) is 0 Å². The van der Waals surface area contributed by atoms with Crippen molar-refractivity contribution in [1.29, 1.82) is 0 Å². The van der Waals surface area contributed by atoms with Gasteiger partial charge >= 0.3 is 6.09 Å². The van der Waals surface area contributed by atoms with E-state index in [-0.39, 0.29) is 5.91 Å². The second-order valence-corrected chi connectivity index (χ2v) is 8.84. The molecule has 1 aliphatic heterocycles. The monoisotopic (exact) mass is 443 g/mol. The number of thiophene rings is 2. The van der Waals surface area contributed by atoms with Crippen LogP contribution in [0.3, 0.4) is 0 Å². The van der Waals surface area contributed by atoms with E-state index in [2.05, 4.69) is 21.2 Å². The number of methoxy groups -OCH3 is 1. The number of primary amides is 1. The number of nitrogens with two attached hydrogens (primary N) is 1. The molecule has 2 aromatic heterocycles. The van der Waals surface area contributed by atoms with E-state index in [0.29, 0.717) is 35.0 Å². The summed E-state index contributed by atoms with van der Waals surface area (Å²) in [6.45, 7) is 0.759. The van der Waals surface area contributed by atoms with Gasteiger partial charge in [0, 0.05) is 11.4 Å². The van der Waals surface area contributed by atoms with Crippen LogP contribution in [0, 0.1) is 0 Å².